The molecule has 0 aliphatic rings. The molecule has 0 saturated carbocycles. The summed E-state index contributed by atoms with van der Waals surface area (Å²) in [6.07, 6.45) is 2.10. The topological polar surface area (TPSA) is 54.5 Å². The average molecular weight is 375 g/mol. The van der Waals surface area contributed by atoms with Gasteiger partial charge in [-0.25, -0.2) is 4.98 Å². The summed E-state index contributed by atoms with van der Waals surface area (Å²) < 4.78 is 5.13. The summed E-state index contributed by atoms with van der Waals surface area (Å²) in [4.78, 5) is 18.9. The lowest BCUT2D eigenvalue weighted by Crippen LogP contribution is -2.22. The van der Waals surface area contributed by atoms with Crippen molar-refractivity contribution in [1.29, 1.82) is 0 Å². The SMILES string of the molecule is CCN(Cc1ccccc1)c1ccc(NC(=O)Cc2ccc(OC)cc2)nc1. The molecule has 5 nitrogen and oxygen atoms in total. The highest BCUT2D eigenvalue weighted by Gasteiger charge is 2.08. The molecule has 3 aromatic rings. The van der Waals surface area contributed by atoms with Crippen LogP contribution in [0, 0.1) is 0 Å². The first-order valence-electron chi connectivity index (χ1n) is 9.35. The van der Waals surface area contributed by atoms with Gasteiger partial charge in [0.1, 0.15) is 11.6 Å². The lowest BCUT2D eigenvalue weighted by molar-refractivity contribution is -0.115. The third-order valence-corrected chi connectivity index (χ3v) is 4.50. The van der Waals surface area contributed by atoms with Crippen molar-refractivity contribution in [2.24, 2.45) is 0 Å². The van der Waals surface area contributed by atoms with Gasteiger partial charge in [0, 0.05) is 13.1 Å². The molecule has 1 amide bonds. The standard InChI is InChI=1S/C23H25N3O2/c1-3-26(17-19-7-5-4-6-8-19)20-11-14-22(24-16-20)25-23(27)15-18-9-12-21(28-2)13-10-18/h4-14,16H,3,15,17H2,1-2H3,(H,24,25,27). The molecule has 0 saturated heterocycles. The fourth-order valence-electron chi connectivity index (χ4n) is 2.95. The van der Waals surface area contributed by atoms with Gasteiger partial charge in [-0.05, 0) is 42.3 Å². The zero-order chi connectivity index (χ0) is 19.8. The van der Waals surface area contributed by atoms with Crippen molar-refractivity contribution in [3.05, 3.63) is 84.1 Å². The first kappa shape index (κ1) is 19.4. The molecule has 1 aromatic heterocycles. The molecule has 0 spiro atoms. The highest BCUT2D eigenvalue weighted by Crippen LogP contribution is 2.18. The minimum absolute atomic E-state index is 0.0953. The van der Waals surface area contributed by atoms with Crippen molar-refractivity contribution < 1.29 is 9.53 Å². The summed E-state index contributed by atoms with van der Waals surface area (Å²) in [6.45, 7) is 3.81. The maximum absolute atomic E-state index is 12.3. The van der Waals surface area contributed by atoms with Gasteiger partial charge in [0.2, 0.25) is 5.91 Å². The van der Waals surface area contributed by atoms with Crippen LogP contribution in [0.3, 0.4) is 0 Å². The summed E-state index contributed by atoms with van der Waals surface area (Å²) >= 11 is 0. The number of carbonyl (C=O) groups is 1. The second-order valence-electron chi connectivity index (χ2n) is 6.47. The average Bonchev–Trinajstić information content (AvgIpc) is 2.74. The Balaban J connectivity index is 1.58. The van der Waals surface area contributed by atoms with Crippen molar-refractivity contribution in [3.8, 4) is 5.75 Å². The number of hydrogen-bond acceptors (Lipinski definition) is 4. The van der Waals surface area contributed by atoms with Crippen LogP contribution in [0.15, 0.2) is 72.9 Å². The third-order valence-electron chi connectivity index (χ3n) is 4.50. The third kappa shape index (κ3) is 5.33. The summed E-state index contributed by atoms with van der Waals surface area (Å²) in [5.41, 5.74) is 3.20. The number of nitrogens with zero attached hydrogens (tertiary/aromatic N) is 2. The van der Waals surface area contributed by atoms with Crippen molar-refractivity contribution in [3.63, 3.8) is 0 Å². The number of amides is 1. The Morgan fingerprint density at radius 2 is 1.75 bits per heavy atom. The number of carbonyl (C=O) groups excluding carboxylic acids is 1. The van der Waals surface area contributed by atoms with Crippen LogP contribution < -0.4 is 15.0 Å². The lowest BCUT2D eigenvalue weighted by atomic mass is 10.1. The molecular weight excluding hydrogens is 350 g/mol. The van der Waals surface area contributed by atoms with E-state index in [2.05, 4.69) is 34.3 Å². The Morgan fingerprint density at radius 3 is 2.36 bits per heavy atom. The smallest absolute Gasteiger partial charge is 0.229 e. The van der Waals surface area contributed by atoms with Crippen LogP contribution in [0.25, 0.3) is 0 Å². The molecule has 5 heteroatoms. The monoisotopic (exact) mass is 375 g/mol. The Hall–Kier alpha value is -3.34. The van der Waals surface area contributed by atoms with Crippen LogP contribution >= 0.6 is 0 Å². The molecule has 3 rings (SSSR count). The Kier molecular flexibility index (Phi) is 6.63. The molecule has 28 heavy (non-hydrogen) atoms. The molecule has 0 aliphatic heterocycles. The minimum Gasteiger partial charge on any atom is -0.497 e. The number of aromatic nitrogens is 1. The van der Waals surface area contributed by atoms with E-state index >= 15 is 0 Å². The maximum atomic E-state index is 12.3. The van der Waals surface area contributed by atoms with Gasteiger partial charge in [0.05, 0.1) is 25.4 Å². The Bertz CT molecular complexity index is 878. The number of nitrogens with one attached hydrogen (secondary N) is 1. The van der Waals surface area contributed by atoms with Crippen LogP contribution in [0.1, 0.15) is 18.1 Å². The number of methoxy groups -OCH3 is 1. The lowest BCUT2D eigenvalue weighted by Gasteiger charge is -2.23. The predicted molar refractivity (Wildman–Crippen MR) is 113 cm³/mol. The molecule has 144 valence electrons. The second-order valence-corrected chi connectivity index (χ2v) is 6.47. The van der Waals surface area contributed by atoms with Crippen LogP contribution in [-0.2, 0) is 17.8 Å². The van der Waals surface area contributed by atoms with E-state index in [1.54, 1.807) is 13.3 Å². The summed E-state index contributed by atoms with van der Waals surface area (Å²) in [7, 11) is 1.62. The van der Waals surface area contributed by atoms with Gasteiger partial charge in [0.15, 0.2) is 0 Å². The Morgan fingerprint density at radius 1 is 1.00 bits per heavy atom. The number of anilines is 2. The molecule has 2 aromatic carbocycles. The van der Waals surface area contributed by atoms with E-state index in [1.807, 2.05) is 54.6 Å². The number of benzene rings is 2. The highest BCUT2D eigenvalue weighted by molar-refractivity contribution is 5.91. The van der Waals surface area contributed by atoms with E-state index < -0.39 is 0 Å². The van der Waals surface area contributed by atoms with Crippen LogP contribution in [0.4, 0.5) is 11.5 Å². The number of rotatable bonds is 8. The molecule has 0 fully saturated rings. The summed E-state index contributed by atoms with van der Waals surface area (Å²) in [5, 5.41) is 2.85. The quantitative estimate of drug-likeness (QED) is 0.638. The molecule has 0 atom stereocenters. The van der Waals surface area contributed by atoms with E-state index in [1.165, 1.54) is 5.56 Å². The molecule has 1 heterocycles. The second kappa shape index (κ2) is 9.55. The van der Waals surface area contributed by atoms with E-state index in [0.717, 1.165) is 30.1 Å². The van der Waals surface area contributed by atoms with Crippen molar-refractivity contribution >= 4 is 17.4 Å². The molecular formula is C23H25N3O2. The highest BCUT2D eigenvalue weighted by atomic mass is 16.5. The zero-order valence-electron chi connectivity index (χ0n) is 16.3. The molecule has 0 radical (unpaired) electrons. The molecule has 0 aliphatic carbocycles. The summed E-state index contributed by atoms with van der Waals surface area (Å²) in [6, 6.07) is 21.6. The van der Waals surface area contributed by atoms with Crippen LogP contribution in [0.5, 0.6) is 5.75 Å². The zero-order valence-corrected chi connectivity index (χ0v) is 16.3. The van der Waals surface area contributed by atoms with Gasteiger partial charge < -0.3 is 15.0 Å². The normalized spacial score (nSPS) is 10.4. The molecule has 0 unspecified atom stereocenters. The van der Waals surface area contributed by atoms with Gasteiger partial charge >= 0.3 is 0 Å². The van der Waals surface area contributed by atoms with Gasteiger partial charge in [-0.1, -0.05) is 42.5 Å². The fourth-order valence-corrected chi connectivity index (χ4v) is 2.95. The van der Waals surface area contributed by atoms with Crippen molar-refractivity contribution in [2.75, 3.05) is 23.9 Å². The fraction of sp³-hybridized carbons (Fsp3) is 0.217. The van der Waals surface area contributed by atoms with Crippen LogP contribution in [-0.4, -0.2) is 24.5 Å². The number of pyridine rings is 1. The van der Waals surface area contributed by atoms with Gasteiger partial charge in [0.25, 0.3) is 0 Å². The van der Waals surface area contributed by atoms with Gasteiger partial charge in [-0.2, -0.15) is 0 Å². The van der Waals surface area contributed by atoms with E-state index in [9.17, 15) is 4.79 Å². The van der Waals surface area contributed by atoms with E-state index in [4.69, 9.17) is 4.74 Å². The first-order chi connectivity index (χ1) is 13.7. The van der Waals surface area contributed by atoms with Crippen molar-refractivity contribution in [2.45, 2.75) is 19.9 Å². The van der Waals surface area contributed by atoms with Crippen LogP contribution in [0.2, 0.25) is 0 Å². The van der Waals surface area contributed by atoms with Gasteiger partial charge in [-0.3, -0.25) is 4.79 Å². The van der Waals surface area contributed by atoms with E-state index in [0.29, 0.717) is 12.2 Å². The molecule has 0 bridgehead atoms. The largest absolute Gasteiger partial charge is 0.497 e. The maximum Gasteiger partial charge on any atom is 0.229 e. The minimum atomic E-state index is -0.0953. The predicted octanol–water partition coefficient (Wildman–Crippen LogP) is 4.30. The van der Waals surface area contributed by atoms with E-state index in [-0.39, 0.29) is 5.91 Å². The summed E-state index contributed by atoms with van der Waals surface area (Å²) in [5.74, 6) is 1.23. The van der Waals surface area contributed by atoms with Crippen molar-refractivity contribution in [1.82, 2.24) is 4.98 Å². The Labute approximate surface area is 166 Å². The number of hydrogen-bond donors (Lipinski definition) is 1. The first-order valence-corrected chi connectivity index (χ1v) is 9.35. The van der Waals surface area contributed by atoms with Gasteiger partial charge in [-0.15, -0.1) is 0 Å². The number of ether oxygens (including phenoxy) is 1. The molecule has 1 N–H and O–H groups in total.